The molecule has 2 unspecified atom stereocenters. The van der Waals surface area contributed by atoms with E-state index >= 15 is 0 Å². The van der Waals surface area contributed by atoms with Gasteiger partial charge < -0.3 is 9.47 Å². The molecule has 90 valence electrons. The van der Waals surface area contributed by atoms with Gasteiger partial charge in [-0.1, -0.05) is 30.3 Å². The maximum atomic E-state index is 11.5. The van der Waals surface area contributed by atoms with E-state index < -0.39 is 5.72 Å². The van der Waals surface area contributed by atoms with Gasteiger partial charge in [0.1, 0.15) is 12.8 Å². The molecular formula is C13H15NO3. The first kappa shape index (κ1) is 10.7. The Kier molecular flexibility index (Phi) is 2.42. The van der Waals surface area contributed by atoms with Crippen molar-refractivity contribution in [2.75, 3.05) is 13.2 Å². The van der Waals surface area contributed by atoms with Gasteiger partial charge in [0.05, 0.1) is 0 Å². The first-order valence-electron chi connectivity index (χ1n) is 5.92. The Balaban J connectivity index is 1.90. The second kappa shape index (κ2) is 3.82. The number of benzene rings is 1. The molecule has 0 saturated carbocycles. The monoisotopic (exact) mass is 233 g/mol. The third-order valence-electron chi connectivity index (χ3n) is 3.43. The third kappa shape index (κ3) is 1.48. The summed E-state index contributed by atoms with van der Waals surface area (Å²) < 4.78 is 11.1. The van der Waals surface area contributed by atoms with Crippen LogP contribution >= 0.6 is 0 Å². The van der Waals surface area contributed by atoms with E-state index in [1.54, 1.807) is 0 Å². The highest BCUT2D eigenvalue weighted by Gasteiger charge is 2.61. The summed E-state index contributed by atoms with van der Waals surface area (Å²) in [6.07, 6.45) is 0.725. The predicted molar refractivity (Wildman–Crippen MR) is 60.9 cm³/mol. The number of hydrogen-bond acceptors (Lipinski definition) is 4. The van der Waals surface area contributed by atoms with E-state index in [2.05, 4.69) is 0 Å². The first-order chi connectivity index (χ1) is 8.26. The quantitative estimate of drug-likeness (QED) is 0.741. The van der Waals surface area contributed by atoms with E-state index in [0.717, 1.165) is 12.0 Å². The van der Waals surface area contributed by atoms with Gasteiger partial charge in [-0.05, 0) is 6.92 Å². The standard InChI is InChI=1S/C13H15NO3/c1-2-16-11-8-13(10-6-4-3-5-7-10)14(11)9-12(15)17-13/h3-7,11H,2,8-9H2,1H3. The van der Waals surface area contributed by atoms with Crippen molar-refractivity contribution in [2.45, 2.75) is 25.3 Å². The van der Waals surface area contributed by atoms with Gasteiger partial charge in [-0.25, -0.2) is 4.90 Å². The van der Waals surface area contributed by atoms with Crippen molar-refractivity contribution in [1.29, 1.82) is 0 Å². The smallest absolute Gasteiger partial charge is 0.322 e. The zero-order valence-corrected chi connectivity index (χ0v) is 9.76. The summed E-state index contributed by atoms with van der Waals surface area (Å²) in [5, 5.41) is 0. The lowest BCUT2D eigenvalue weighted by Crippen LogP contribution is -2.61. The van der Waals surface area contributed by atoms with Gasteiger partial charge in [0.15, 0.2) is 5.72 Å². The van der Waals surface area contributed by atoms with Crippen LogP contribution < -0.4 is 0 Å². The van der Waals surface area contributed by atoms with Gasteiger partial charge in [0.25, 0.3) is 0 Å². The van der Waals surface area contributed by atoms with Crippen molar-refractivity contribution in [3.05, 3.63) is 35.9 Å². The molecule has 3 rings (SSSR count). The van der Waals surface area contributed by atoms with Crippen molar-refractivity contribution in [3.63, 3.8) is 0 Å². The second-order valence-electron chi connectivity index (χ2n) is 4.37. The Labute approximate surface area is 100 Å². The normalized spacial score (nSPS) is 31.8. The molecule has 1 aromatic rings. The van der Waals surface area contributed by atoms with Crippen LogP contribution in [0, 0.1) is 0 Å². The van der Waals surface area contributed by atoms with Gasteiger partial charge in [0.2, 0.25) is 0 Å². The van der Waals surface area contributed by atoms with Crippen molar-refractivity contribution >= 4 is 5.97 Å². The van der Waals surface area contributed by atoms with Crippen LogP contribution in [0.25, 0.3) is 0 Å². The largest absolute Gasteiger partial charge is 0.438 e. The lowest BCUT2D eigenvalue weighted by atomic mass is 9.89. The zero-order valence-electron chi connectivity index (χ0n) is 9.76. The number of esters is 1. The van der Waals surface area contributed by atoms with Crippen LogP contribution in [0.5, 0.6) is 0 Å². The molecule has 0 bridgehead atoms. The molecule has 0 amide bonds. The number of fused-ring (bicyclic) bond motifs is 1. The summed E-state index contributed by atoms with van der Waals surface area (Å²) in [5.41, 5.74) is 0.458. The van der Waals surface area contributed by atoms with Crippen molar-refractivity contribution in [1.82, 2.24) is 4.90 Å². The molecule has 0 aromatic heterocycles. The van der Waals surface area contributed by atoms with Crippen LogP contribution in [0.1, 0.15) is 18.9 Å². The van der Waals surface area contributed by atoms with Crippen LogP contribution in [-0.4, -0.2) is 30.2 Å². The molecule has 17 heavy (non-hydrogen) atoms. The molecular weight excluding hydrogens is 218 g/mol. The molecule has 2 aliphatic rings. The van der Waals surface area contributed by atoms with Crippen LogP contribution in [0.2, 0.25) is 0 Å². The topological polar surface area (TPSA) is 38.8 Å². The molecule has 4 heteroatoms. The highest BCUT2D eigenvalue weighted by atomic mass is 16.6. The molecule has 2 saturated heterocycles. The maximum absolute atomic E-state index is 11.5. The zero-order chi connectivity index (χ0) is 11.9. The molecule has 2 fully saturated rings. The fourth-order valence-electron chi connectivity index (χ4n) is 2.66. The number of nitrogens with zero attached hydrogens (tertiary/aromatic N) is 1. The Hall–Kier alpha value is -1.39. The Morgan fingerprint density at radius 3 is 2.94 bits per heavy atom. The fourth-order valence-corrected chi connectivity index (χ4v) is 2.66. The molecule has 1 aromatic carbocycles. The highest BCUT2D eigenvalue weighted by Crippen LogP contribution is 2.49. The summed E-state index contributed by atoms with van der Waals surface area (Å²) in [7, 11) is 0. The molecule has 0 N–H and O–H groups in total. The van der Waals surface area contributed by atoms with E-state index in [4.69, 9.17) is 9.47 Å². The molecule has 2 heterocycles. The maximum Gasteiger partial charge on any atom is 0.322 e. The van der Waals surface area contributed by atoms with E-state index in [1.807, 2.05) is 42.2 Å². The Morgan fingerprint density at radius 2 is 2.24 bits per heavy atom. The minimum absolute atomic E-state index is 0.00616. The van der Waals surface area contributed by atoms with Crippen molar-refractivity contribution in [3.8, 4) is 0 Å². The number of rotatable bonds is 3. The van der Waals surface area contributed by atoms with Gasteiger partial charge in [0, 0.05) is 18.6 Å². The van der Waals surface area contributed by atoms with Crippen LogP contribution in [0.15, 0.2) is 30.3 Å². The number of hydrogen-bond donors (Lipinski definition) is 0. The van der Waals surface area contributed by atoms with Crippen LogP contribution in [0.4, 0.5) is 0 Å². The average molecular weight is 233 g/mol. The summed E-state index contributed by atoms with van der Waals surface area (Å²) >= 11 is 0. The molecule has 4 nitrogen and oxygen atoms in total. The third-order valence-corrected chi connectivity index (χ3v) is 3.43. The molecule has 0 aliphatic carbocycles. The average Bonchev–Trinajstić information content (AvgIpc) is 2.61. The summed E-state index contributed by atoms with van der Waals surface area (Å²) in [6, 6.07) is 9.87. The predicted octanol–water partition coefficient (Wildman–Crippen LogP) is 1.46. The SMILES string of the molecule is CCOC1CC2(c3ccccc3)OC(=O)CN12. The molecule has 2 atom stereocenters. The van der Waals surface area contributed by atoms with Gasteiger partial charge in [-0.3, -0.25) is 4.79 Å². The molecule has 0 radical (unpaired) electrons. The summed E-state index contributed by atoms with van der Waals surface area (Å²) in [5.74, 6) is -0.170. The van der Waals surface area contributed by atoms with Crippen molar-refractivity contribution in [2.24, 2.45) is 0 Å². The fraction of sp³-hybridized carbons (Fsp3) is 0.462. The minimum Gasteiger partial charge on any atom is -0.438 e. The minimum atomic E-state index is -0.571. The number of carbonyl (C=O) groups is 1. The Morgan fingerprint density at radius 1 is 1.47 bits per heavy atom. The van der Waals surface area contributed by atoms with E-state index in [0.29, 0.717) is 13.2 Å². The van der Waals surface area contributed by atoms with E-state index in [9.17, 15) is 4.79 Å². The van der Waals surface area contributed by atoms with Gasteiger partial charge in [-0.2, -0.15) is 0 Å². The number of ether oxygens (including phenoxy) is 2. The Bertz CT molecular complexity index is 434. The molecule has 2 aliphatic heterocycles. The number of carbonyl (C=O) groups excluding carboxylic acids is 1. The van der Waals surface area contributed by atoms with E-state index in [-0.39, 0.29) is 12.2 Å². The lowest BCUT2D eigenvalue weighted by molar-refractivity contribution is -0.265. The summed E-state index contributed by atoms with van der Waals surface area (Å²) in [4.78, 5) is 13.5. The van der Waals surface area contributed by atoms with Gasteiger partial charge in [-0.15, -0.1) is 0 Å². The van der Waals surface area contributed by atoms with Gasteiger partial charge >= 0.3 is 5.97 Å². The first-order valence-corrected chi connectivity index (χ1v) is 5.92. The molecule has 0 spiro atoms. The second-order valence-corrected chi connectivity index (χ2v) is 4.37. The van der Waals surface area contributed by atoms with Crippen LogP contribution in [0.3, 0.4) is 0 Å². The lowest BCUT2D eigenvalue weighted by Gasteiger charge is -2.50. The van der Waals surface area contributed by atoms with Crippen molar-refractivity contribution < 1.29 is 14.3 Å². The van der Waals surface area contributed by atoms with Crippen LogP contribution in [-0.2, 0) is 20.0 Å². The summed E-state index contributed by atoms with van der Waals surface area (Å²) in [6.45, 7) is 2.93. The highest BCUT2D eigenvalue weighted by molar-refractivity contribution is 5.75. The van der Waals surface area contributed by atoms with E-state index in [1.165, 1.54) is 0 Å².